The van der Waals surface area contributed by atoms with E-state index in [0.717, 1.165) is 12.1 Å². The summed E-state index contributed by atoms with van der Waals surface area (Å²) in [6.45, 7) is 0. The number of hydrogen-bond donors (Lipinski definition) is 2. The SMILES string of the molecule is NC1SC2=C(C(N)N(c3ccc(C(F)(F)F)cc3)C(Oc3ccccc3)=N2)N1c1c(Cl)cccc1Cl. The predicted molar refractivity (Wildman–Crippen MR) is 138 cm³/mol. The second-order valence-corrected chi connectivity index (χ2v) is 9.73. The van der Waals surface area contributed by atoms with Crippen LogP contribution in [0.4, 0.5) is 24.5 Å². The lowest BCUT2D eigenvalue weighted by Crippen LogP contribution is -2.55. The van der Waals surface area contributed by atoms with Gasteiger partial charge in [-0.15, -0.1) is 0 Å². The van der Waals surface area contributed by atoms with E-state index in [1.165, 1.54) is 28.8 Å². The number of amidine groups is 1. The van der Waals surface area contributed by atoms with Crippen LogP contribution in [0.25, 0.3) is 0 Å². The Bertz CT molecular complexity index is 1330. The van der Waals surface area contributed by atoms with E-state index in [9.17, 15) is 13.2 Å². The number of nitrogens with zero attached hydrogens (tertiary/aromatic N) is 3. The van der Waals surface area contributed by atoms with E-state index >= 15 is 0 Å². The number of anilines is 2. The molecule has 4 N–H and O–H groups in total. The van der Waals surface area contributed by atoms with Gasteiger partial charge >= 0.3 is 12.2 Å². The molecule has 0 bridgehead atoms. The van der Waals surface area contributed by atoms with Gasteiger partial charge in [-0.1, -0.05) is 59.2 Å². The summed E-state index contributed by atoms with van der Waals surface area (Å²) in [5.74, 6) is 0.475. The second-order valence-electron chi connectivity index (χ2n) is 7.81. The van der Waals surface area contributed by atoms with E-state index in [0.29, 0.717) is 37.9 Å². The molecule has 2 aliphatic heterocycles. The summed E-state index contributed by atoms with van der Waals surface area (Å²) >= 11 is 14.2. The molecular formula is C24H18Cl2F3N5OS. The number of thioether (sulfide) groups is 1. The Morgan fingerprint density at radius 2 is 1.50 bits per heavy atom. The first-order valence-corrected chi connectivity index (χ1v) is 12.2. The number of halogens is 5. The van der Waals surface area contributed by atoms with Crippen molar-refractivity contribution in [3.63, 3.8) is 0 Å². The molecule has 0 amide bonds. The molecule has 0 radical (unpaired) electrons. The van der Waals surface area contributed by atoms with E-state index in [-0.39, 0.29) is 6.02 Å². The van der Waals surface area contributed by atoms with Crippen molar-refractivity contribution in [1.82, 2.24) is 0 Å². The van der Waals surface area contributed by atoms with Gasteiger partial charge in [0, 0.05) is 5.69 Å². The summed E-state index contributed by atoms with van der Waals surface area (Å²) in [6.07, 6.45) is -5.43. The highest BCUT2D eigenvalue weighted by Crippen LogP contribution is 2.48. The number of alkyl halides is 3. The number of aliphatic imine (C=N–C) groups is 1. The van der Waals surface area contributed by atoms with Gasteiger partial charge in [-0.3, -0.25) is 4.90 Å². The molecular weight excluding hydrogens is 534 g/mol. The van der Waals surface area contributed by atoms with Crippen molar-refractivity contribution < 1.29 is 17.9 Å². The highest BCUT2D eigenvalue weighted by molar-refractivity contribution is 8.04. The lowest BCUT2D eigenvalue weighted by Gasteiger charge is -2.38. The number of nitrogens with two attached hydrogens (primary N) is 2. The zero-order valence-corrected chi connectivity index (χ0v) is 20.6. The molecule has 3 aromatic carbocycles. The van der Waals surface area contributed by atoms with Crippen LogP contribution in [0.15, 0.2) is 88.5 Å². The lowest BCUT2D eigenvalue weighted by molar-refractivity contribution is -0.137. The Morgan fingerprint density at radius 1 is 0.861 bits per heavy atom. The van der Waals surface area contributed by atoms with E-state index < -0.39 is 23.4 Å². The number of rotatable bonds is 3. The molecule has 12 heteroatoms. The Kier molecular flexibility index (Phi) is 6.56. The highest BCUT2D eigenvalue weighted by atomic mass is 35.5. The van der Waals surface area contributed by atoms with Gasteiger partial charge in [-0.25, -0.2) is 0 Å². The van der Waals surface area contributed by atoms with Crippen LogP contribution in [-0.4, -0.2) is 17.7 Å². The van der Waals surface area contributed by atoms with Gasteiger partial charge in [0.15, 0.2) is 0 Å². The first-order chi connectivity index (χ1) is 17.1. The molecule has 2 heterocycles. The van der Waals surface area contributed by atoms with Crippen molar-refractivity contribution in [3.05, 3.63) is 99.1 Å². The summed E-state index contributed by atoms with van der Waals surface area (Å²) in [6, 6.07) is 18.6. The third-order valence-electron chi connectivity index (χ3n) is 5.53. The molecule has 2 unspecified atom stereocenters. The monoisotopic (exact) mass is 551 g/mol. The fraction of sp³-hybridized carbons (Fsp3) is 0.125. The van der Waals surface area contributed by atoms with Crippen LogP contribution in [-0.2, 0) is 6.18 Å². The van der Waals surface area contributed by atoms with Crippen LogP contribution >= 0.6 is 35.0 Å². The van der Waals surface area contributed by atoms with Crippen LogP contribution in [0.1, 0.15) is 5.56 Å². The van der Waals surface area contributed by atoms with Gasteiger partial charge in [-0.2, -0.15) is 18.2 Å². The quantitative estimate of drug-likeness (QED) is 0.402. The Balaban J connectivity index is 1.62. The fourth-order valence-corrected chi connectivity index (χ4v) is 5.52. The van der Waals surface area contributed by atoms with E-state index in [4.69, 9.17) is 39.4 Å². The van der Waals surface area contributed by atoms with Gasteiger partial charge in [0.1, 0.15) is 22.4 Å². The number of para-hydroxylation sites is 2. The van der Waals surface area contributed by atoms with Crippen LogP contribution < -0.4 is 26.0 Å². The number of hydrogen-bond acceptors (Lipinski definition) is 7. The molecule has 0 aliphatic carbocycles. The molecule has 0 saturated heterocycles. The summed E-state index contributed by atoms with van der Waals surface area (Å²) < 4.78 is 45.6. The molecule has 36 heavy (non-hydrogen) atoms. The Labute approximate surface area is 218 Å². The normalized spacial score (nSPS) is 19.9. The maximum atomic E-state index is 13.2. The molecule has 0 saturated carbocycles. The first kappa shape index (κ1) is 24.8. The summed E-state index contributed by atoms with van der Waals surface area (Å²) in [4.78, 5) is 7.85. The van der Waals surface area contributed by atoms with Gasteiger partial charge in [0.05, 0.1) is 27.0 Å². The minimum absolute atomic E-state index is 0.0824. The number of benzene rings is 3. The number of ether oxygens (including phenoxy) is 1. The topological polar surface area (TPSA) is 80.1 Å². The van der Waals surface area contributed by atoms with E-state index in [2.05, 4.69) is 4.99 Å². The second kappa shape index (κ2) is 9.53. The van der Waals surface area contributed by atoms with E-state index in [1.54, 1.807) is 47.4 Å². The predicted octanol–water partition coefficient (Wildman–Crippen LogP) is 6.22. The van der Waals surface area contributed by atoms with Crippen LogP contribution in [0.2, 0.25) is 10.0 Å². The zero-order chi connectivity index (χ0) is 25.6. The fourth-order valence-electron chi connectivity index (χ4n) is 3.92. The van der Waals surface area contributed by atoms with Crippen molar-refractivity contribution in [2.24, 2.45) is 16.5 Å². The van der Waals surface area contributed by atoms with Crippen molar-refractivity contribution in [1.29, 1.82) is 0 Å². The molecule has 5 rings (SSSR count). The van der Waals surface area contributed by atoms with Gasteiger partial charge in [0.2, 0.25) is 0 Å². The molecule has 0 fully saturated rings. The molecule has 0 spiro atoms. The average Bonchev–Trinajstić information content (AvgIpc) is 3.15. The maximum Gasteiger partial charge on any atom is 0.416 e. The summed E-state index contributed by atoms with van der Waals surface area (Å²) in [5, 5.41) is 1.20. The maximum absolute atomic E-state index is 13.2. The van der Waals surface area contributed by atoms with Gasteiger partial charge in [-0.05, 0) is 48.5 Å². The lowest BCUT2D eigenvalue weighted by atomic mass is 10.1. The third-order valence-corrected chi connectivity index (χ3v) is 7.12. The Morgan fingerprint density at radius 3 is 2.11 bits per heavy atom. The molecule has 0 aromatic heterocycles. The largest absolute Gasteiger partial charge is 0.425 e. The van der Waals surface area contributed by atoms with Gasteiger partial charge < -0.3 is 21.1 Å². The summed E-state index contributed by atoms with van der Waals surface area (Å²) in [5.41, 5.74) is 13.0. The van der Waals surface area contributed by atoms with Crippen molar-refractivity contribution >= 4 is 52.4 Å². The average molecular weight is 552 g/mol. The zero-order valence-electron chi connectivity index (χ0n) is 18.3. The van der Waals surface area contributed by atoms with E-state index in [1.807, 2.05) is 6.07 Å². The van der Waals surface area contributed by atoms with Crippen LogP contribution in [0, 0.1) is 0 Å². The van der Waals surface area contributed by atoms with Crippen molar-refractivity contribution in [2.45, 2.75) is 17.8 Å². The molecule has 186 valence electrons. The van der Waals surface area contributed by atoms with Crippen molar-refractivity contribution in [3.8, 4) is 5.75 Å². The standard InChI is InChI=1S/C24H18Cl2F3N5OS/c25-16-7-4-8-17(26)18(16)34-19-20(30)33(14-11-9-13(10-12-14)24(27,28)29)23(32-21(19)36-22(34)31)35-15-5-2-1-3-6-15/h1-12,20,22H,30-31H2. The molecule has 6 nitrogen and oxygen atoms in total. The minimum atomic E-state index is -4.48. The molecule has 2 aliphatic rings. The minimum Gasteiger partial charge on any atom is -0.425 e. The smallest absolute Gasteiger partial charge is 0.416 e. The van der Waals surface area contributed by atoms with Crippen LogP contribution in [0.3, 0.4) is 0 Å². The molecule has 2 atom stereocenters. The first-order valence-electron chi connectivity index (χ1n) is 10.6. The summed E-state index contributed by atoms with van der Waals surface area (Å²) in [7, 11) is 0. The highest BCUT2D eigenvalue weighted by Gasteiger charge is 2.44. The van der Waals surface area contributed by atoms with Crippen LogP contribution in [0.5, 0.6) is 5.75 Å². The Hall–Kier alpha value is -2.89. The van der Waals surface area contributed by atoms with Crippen molar-refractivity contribution in [2.75, 3.05) is 9.80 Å². The van der Waals surface area contributed by atoms with Gasteiger partial charge in [0.25, 0.3) is 0 Å². The molecule has 3 aromatic rings. The third kappa shape index (κ3) is 4.51.